The molecule has 0 bridgehead atoms. The van der Waals surface area contributed by atoms with Crippen molar-refractivity contribution in [1.82, 2.24) is 4.98 Å². The van der Waals surface area contributed by atoms with E-state index in [4.69, 9.17) is 9.47 Å². The minimum absolute atomic E-state index is 0.153. The van der Waals surface area contributed by atoms with Gasteiger partial charge in [-0.05, 0) is 35.9 Å². The van der Waals surface area contributed by atoms with Gasteiger partial charge in [-0.3, -0.25) is 14.6 Å². The van der Waals surface area contributed by atoms with Crippen LogP contribution in [0.4, 0.5) is 5.69 Å². The van der Waals surface area contributed by atoms with Gasteiger partial charge in [0.15, 0.2) is 11.5 Å². The van der Waals surface area contributed by atoms with Crippen molar-refractivity contribution in [2.45, 2.75) is 0 Å². The lowest BCUT2D eigenvalue weighted by Gasteiger charge is -2.07. The fourth-order valence-electron chi connectivity index (χ4n) is 2.46. The molecule has 0 radical (unpaired) electrons. The lowest BCUT2D eigenvalue weighted by atomic mass is 10.1. The monoisotopic (exact) mass is 356 g/mol. The summed E-state index contributed by atoms with van der Waals surface area (Å²) in [6.45, 7) is 0.153. The van der Waals surface area contributed by atoms with E-state index in [-0.39, 0.29) is 23.5 Å². The highest BCUT2D eigenvalue weighted by atomic mass is 32.1. The Morgan fingerprint density at radius 2 is 1.88 bits per heavy atom. The number of benzene rings is 2. The topological polar surface area (TPSA) is 101 Å². The van der Waals surface area contributed by atoms with Crippen LogP contribution in [-0.2, 0) is 0 Å². The Morgan fingerprint density at radius 3 is 2.60 bits per heavy atom. The molecule has 2 heterocycles. The third-order valence-corrected chi connectivity index (χ3v) is 4.59. The quantitative estimate of drug-likeness (QED) is 0.670. The van der Waals surface area contributed by atoms with E-state index in [1.54, 1.807) is 42.5 Å². The number of amides is 1. The SMILES string of the molecule is O=C(Nc1ccc(-c2sc(=O)[nH]c2O)cc1)c1ccc2c(c1)OCO2. The summed E-state index contributed by atoms with van der Waals surface area (Å²) >= 11 is 0.921. The van der Waals surface area contributed by atoms with Crippen molar-refractivity contribution in [3.05, 3.63) is 57.7 Å². The van der Waals surface area contributed by atoms with Gasteiger partial charge in [-0.2, -0.15) is 0 Å². The number of hydrogen-bond donors (Lipinski definition) is 3. The maximum atomic E-state index is 12.3. The van der Waals surface area contributed by atoms with Gasteiger partial charge >= 0.3 is 4.87 Å². The minimum Gasteiger partial charge on any atom is -0.493 e. The van der Waals surface area contributed by atoms with Crippen LogP contribution in [0.1, 0.15) is 10.4 Å². The lowest BCUT2D eigenvalue weighted by molar-refractivity contribution is 0.102. The summed E-state index contributed by atoms with van der Waals surface area (Å²) in [5.41, 5.74) is 1.73. The van der Waals surface area contributed by atoms with Crippen LogP contribution in [-0.4, -0.2) is 22.8 Å². The van der Waals surface area contributed by atoms with Gasteiger partial charge in [-0.15, -0.1) is 0 Å². The van der Waals surface area contributed by atoms with Crippen molar-refractivity contribution in [3.8, 4) is 27.8 Å². The van der Waals surface area contributed by atoms with Crippen LogP contribution in [0, 0.1) is 0 Å². The summed E-state index contributed by atoms with van der Waals surface area (Å²) in [6.07, 6.45) is 0. The van der Waals surface area contributed by atoms with E-state index in [2.05, 4.69) is 10.3 Å². The van der Waals surface area contributed by atoms with E-state index in [0.717, 1.165) is 11.3 Å². The predicted molar refractivity (Wildman–Crippen MR) is 92.6 cm³/mol. The number of aromatic amines is 1. The van der Waals surface area contributed by atoms with E-state index in [0.29, 0.717) is 33.2 Å². The lowest BCUT2D eigenvalue weighted by Crippen LogP contribution is -2.11. The Kier molecular flexibility index (Phi) is 3.66. The first-order chi connectivity index (χ1) is 12.1. The summed E-state index contributed by atoms with van der Waals surface area (Å²) in [6, 6.07) is 11.8. The van der Waals surface area contributed by atoms with Gasteiger partial charge in [0, 0.05) is 11.3 Å². The highest BCUT2D eigenvalue weighted by Gasteiger charge is 2.16. The summed E-state index contributed by atoms with van der Waals surface area (Å²) in [4.78, 5) is 26.0. The Hall–Kier alpha value is -3.26. The zero-order valence-corrected chi connectivity index (χ0v) is 13.6. The average Bonchev–Trinajstić information content (AvgIpc) is 3.20. The van der Waals surface area contributed by atoms with E-state index in [1.165, 1.54) is 0 Å². The molecule has 8 heteroatoms. The number of rotatable bonds is 3. The number of hydrogen-bond acceptors (Lipinski definition) is 6. The average molecular weight is 356 g/mol. The number of ether oxygens (including phenoxy) is 2. The molecule has 4 rings (SSSR count). The molecule has 0 spiro atoms. The number of thiazole rings is 1. The van der Waals surface area contributed by atoms with Crippen molar-refractivity contribution in [2.24, 2.45) is 0 Å². The first-order valence-electron chi connectivity index (χ1n) is 7.34. The van der Waals surface area contributed by atoms with Crippen LogP contribution in [0.15, 0.2) is 47.3 Å². The third kappa shape index (κ3) is 2.94. The maximum absolute atomic E-state index is 12.3. The third-order valence-electron chi connectivity index (χ3n) is 3.67. The number of nitrogens with one attached hydrogen (secondary N) is 2. The normalized spacial score (nSPS) is 12.2. The molecule has 3 N–H and O–H groups in total. The smallest absolute Gasteiger partial charge is 0.307 e. The van der Waals surface area contributed by atoms with Gasteiger partial charge < -0.3 is 19.9 Å². The first-order valence-corrected chi connectivity index (χ1v) is 8.15. The molecular weight excluding hydrogens is 344 g/mol. The molecule has 0 unspecified atom stereocenters. The van der Waals surface area contributed by atoms with Gasteiger partial charge in [-0.1, -0.05) is 23.5 Å². The molecule has 2 aromatic carbocycles. The van der Waals surface area contributed by atoms with Gasteiger partial charge in [0.1, 0.15) is 0 Å². The van der Waals surface area contributed by atoms with Crippen molar-refractivity contribution >= 4 is 22.9 Å². The summed E-state index contributed by atoms with van der Waals surface area (Å²) in [5.74, 6) is 0.722. The van der Waals surface area contributed by atoms with Gasteiger partial charge in [0.2, 0.25) is 12.7 Å². The molecule has 1 aliphatic rings. The number of carbonyl (C=O) groups is 1. The van der Waals surface area contributed by atoms with Crippen LogP contribution in [0.3, 0.4) is 0 Å². The number of aromatic nitrogens is 1. The Labute approximate surface area is 145 Å². The molecule has 0 saturated carbocycles. The van der Waals surface area contributed by atoms with Gasteiger partial charge in [-0.25, -0.2) is 0 Å². The Morgan fingerprint density at radius 1 is 1.12 bits per heavy atom. The van der Waals surface area contributed by atoms with E-state index < -0.39 is 0 Å². The molecule has 7 nitrogen and oxygen atoms in total. The number of H-pyrrole nitrogens is 1. The predicted octanol–water partition coefficient (Wildman–Crippen LogP) is 2.79. The van der Waals surface area contributed by atoms with E-state index >= 15 is 0 Å². The standard InChI is InChI=1S/C17H12N2O5S/c20-15(10-3-6-12-13(7-10)24-8-23-12)18-11-4-1-9(2-5-11)14-16(21)19-17(22)25-14/h1-7,21H,8H2,(H,18,20)(H,19,22). The van der Waals surface area contributed by atoms with Crippen LogP contribution in [0.25, 0.3) is 10.4 Å². The second-order valence-electron chi connectivity index (χ2n) is 5.29. The molecule has 0 saturated heterocycles. The van der Waals surface area contributed by atoms with Crippen molar-refractivity contribution < 1.29 is 19.4 Å². The van der Waals surface area contributed by atoms with E-state index in [9.17, 15) is 14.7 Å². The molecule has 1 aromatic heterocycles. The van der Waals surface area contributed by atoms with Crippen molar-refractivity contribution in [2.75, 3.05) is 12.1 Å². The highest BCUT2D eigenvalue weighted by Crippen LogP contribution is 2.33. The second-order valence-corrected chi connectivity index (χ2v) is 6.27. The number of carbonyl (C=O) groups excluding carboxylic acids is 1. The molecule has 0 fully saturated rings. The molecule has 3 aromatic rings. The van der Waals surface area contributed by atoms with Gasteiger partial charge in [0.05, 0.1) is 4.88 Å². The number of fused-ring (bicyclic) bond motifs is 1. The summed E-state index contributed by atoms with van der Waals surface area (Å²) < 4.78 is 10.5. The zero-order valence-electron chi connectivity index (χ0n) is 12.7. The van der Waals surface area contributed by atoms with Crippen molar-refractivity contribution in [1.29, 1.82) is 0 Å². The Bertz CT molecular complexity index is 1010. The maximum Gasteiger partial charge on any atom is 0.307 e. The summed E-state index contributed by atoms with van der Waals surface area (Å²) in [5, 5.41) is 12.5. The molecule has 0 atom stereocenters. The molecule has 1 amide bonds. The fraction of sp³-hybridized carbons (Fsp3) is 0.0588. The van der Waals surface area contributed by atoms with Crippen LogP contribution >= 0.6 is 11.3 Å². The molecule has 25 heavy (non-hydrogen) atoms. The van der Waals surface area contributed by atoms with Gasteiger partial charge in [0.25, 0.3) is 5.91 Å². The molecule has 0 aliphatic carbocycles. The highest BCUT2D eigenvalue weighted by molar-refractivity contribution is 7.13. The van der Waals surface area contributed by atoms with Crippen molar-refractivity contribution in [3.63, 3.8) is 0 Å². The molecule has 126 valence electrons. The second kappa shape index (κ2) is 5.99. The number of aromatic hydroxyl groups is 1. The first kappa shape index (κ1) is 15.3. The fourth-order valence-corrected chi connectivity index (χ4v) is 3.20. The zero-order chi connectivity index (χ0) is 17.4. The minimum atomic E-state index is -0.326. The summed E-state index contributed by atoms with van der Waals surface area (Å²) in [7, 11) is 0. The molecular formula is C17H12N2O5S. The van der Waals surface area contributed by atoms with Crippen LogP contribution in [0.2, 0.25) is 0 Å². The van der Waals surface area contributed by atoms with Crippen LogP contribution in [0.5, 0.6) is 17.4 Å². The Balaban J connectivity index is 1.52. The largest absolute Gasteiger partial charge is 0.493 e. The van der Waals surface area contributed by atoms with E-state index in [1.807, 2.05) is 0 Å². The number of anilines is 1. The van der Waals surface area contributed by atoms with Crippen LogP contribution < -0.4 is 19.7 Å². The molecule has 1 aliphatic heterocycles.